The van der Waals surface area contributed by atoms with Crippen molar-refractivity contribution in [1.29, 1.82) is 0 Å². The van der Waals surface area contributed by atoms with Gasteiger partial charge in [-0.15, -0.1) is 0 Å². The SMILES string of the molecule is CC(C)(C)OC(=O)N[C@H](COCc1ccc(C2C[C@H]2C(O)[C@@H](COCc2ccccc2)NC(=O)OC(C)(C)C)cc1)C(=O)O. The fourth-order valence-electron chi connectivity index (χ4n) is 4.62. The lowest BCUT2D eigenvalue weighted by atomic mass is 10.0. The van der Waals surface area contributed by atoms with Crippen LogP contribution in [0.2, 0.25) is 0 Å². The van der Waals surface area contributed by atoms with E-state index in [2.05, 4.69) is 10.6 Å². The molecule has 2 aromatic carbocycles. The van der Waals surface area contributed by atoms with Crippen LogP contribution in [0.3, 0.4) is 0 Å². The average molecular weight is 615 g/mol. The first-order valence-electron chi connectivity index (χ1n) is 14.8. The van der Waals surface area contributed by atoms with Gasteiger partial charge >= 0.3 is 18.2 Å². The van der Waals surface area contributed by atoms with Crippen LogP contribution in [0.5, 0.6) is 0 Å². The zero-order chi connectivity index (χ0) is 32.5. The number of carboxylic acids is 1. The lowest BCUT2D eigenvalue weighted by Gasteiger charge is -2.27. The van der Waals surface area contributed by atoms with Gasteiger partial charge in [0.25, 0.3) is 0 Å². The monoisotopic (exact) mass is 614 g/mol. The standard InChI is InChI=1S/C33H46N2O9/c1-32(2,3)43-30(39)34-26(19-41-17-21-10-8-7-9-11-21)28(36)25-16-24(25)23-14-12-22(13-15-23)18-42-20-27(29(37)38)35-31(40)44-33(4,5)6/h7-15,24-28,36H,16-20H2,1-6H3,(H,34,39)(H,35,40)(H,37,38)/t24?,25-,26-,27-,28?/m1/s1. The fraction of sp³-hybridized carbons (Fsp3) is 0.545. The van der Waals surface area contributed by atoms with E-state index in [1.807, 2.05) is 54.6 Å². The first-order valence-corrected chi connectivity index (χ1v) is 14.8. The normalized spacial score (nSPS) is 18.4. The molecular formula is C33H46N2O9. The summed E-state index contributed by atoms with van der Waals surface area (Å²) in [5.41, 5.74) is 1.42. The van der Waals surface area contributed by atoms with E-state index < -0.39 is 47.5 Å². The van der Waals surface area contributed by atoms with Crippen molar-refractivity contribution < 1.29 is 43.5 Å². The van der Waals surface area contributed by atoms with E-state index in [0.717, 1.165) is 23.1 Å². The molecule has 11 heteroatoms. The summed E-state index contributed by atoms with van der Waals surface area (Å²) in [4.78, 5) is 36.0. The third kappa shape index (κ3) is 12.1. The van der Waals surface area contributed by atoms with Crippen molar-refractivity contribution in [3.05, 3.63) is 71.3 Å². The second kappa shape index (κ2) is 15.4. The number of carbonyl (C=O) groups excluding carboxylic acids is 2. The Labute approximate surface area is 259 Å². The highest BCUT2D eigenvalue weighted by Crippen LogP contribution is 2.50. The van der Waals surface area contributed by atoms with E-state index in [9.17, 15) is 24.6 Å². The van der Waals surface area contributed by atoms with E-state index in [4.69, 9.17) is 18.9 Å². The quantitative estimate of drug-likeness (QED) is 0.236. The highest BCUT2D eigenvalue weighted by molar-refractivity contribution is 5.80. The Morgan fingerprint density at radius 3 is 1.86 bits per heavy atom. The Hall–Kier alpha value is -3.67. The van der Waals surface area contributed by atoms with Gasteiger partial charge in [0.15, 0.2) is 6.04 Å². The van der Waals surface area contributed by atoms with Crippen molar-refractivity contribution in [2.75, 3.05) is 13.2 Å². The van der Waals surface area contributed by atoms with E-state index in [1.165, 1.54) is 0 Å². The molecule has 0 aromatic heterocycles. The number of nitrogens with one attached hydrogen (secondary N) is 2. The summed E-state index contributed by atoms with van der Waals surface area (Å²) in [5, 5.41) is 25.8. The summed E-state index contributed by atoms with van der Waals surface area (Å²) in [6.45, 7) is 10.8. The van der Waals surface area contributed by atoms with E-state index >= 15 is 0 Å². The van der Waals surface area contributed by atoms with Gasteiger partial charge in [-0.25, -0.2) is 14.4 Å². The largest absolute Gasteiger partial charge is 0.480 e. The molecule has 11 nitrogen and oxygen atoms in total. The smallest absolute Gasteiger partial charge is 0.408 e. The molecule has 44 heavy (non-hydrogen) atoms. The Balaban J connectivity index is 1.53. The maximum Gasteiger partial charge on any atom is 0.408 e. The van der Waals surface area contributed by atoms with Crippen LogP contribution in [-0.2, 0) is 37.0 Å². The Bertz CT molecular complexity index is 1220. The number of hydrogen-bond donors (Lipinski definition) is 4. The first-order chi connectivity index (χ1) is 20.6. The third-order valence-corrected chi connectivity index (χ3v) is 6.75. The number of carbonyl (C=O) groups is 3. The van der Waals surface area contributed by atoms with Gasteiger partial charge in [-0.1, -0.05) is 54.6 Å². The number of aliphatic hydroxyl groups is 1. The van der Waals surface area contributed by atoms with Gasteiger partial charge in [0.05, 0.1) is 38.6 Å². The first kappa shape index (κ1) is 34.8. The molecule has 2 unspecified atom stereocenters. The van der Waals surface area contributed by atoms with Gasteiger partial charge in [-0.3, -0.25) is 0 Å². The molecule has 2 aromatic rings. The van der Waals surface area contributed by atoms with Crippen LogP contribution in [0, 0.1) is 5.92 Å². The number of rotatable bonds is 14. The predicted molar refractivity (Wildman–Crippen MR) is 163 cm³/mol. The van der Waals surface area contributed by atoms with Crippen LogP contribution < -0.4 is 10.6 Å². The minimum absolute atomic E-state index is 0.0763. The second-order valence-electron chi connectivity index (χ2n) is 13.0. The van der Waals surface area contributed by atoms with E-state index in [-0.39, 0.29) is 31.7 Å². The highest BCUT2D eigenvalue weighted by Gasteiger charge is 2.46. The van der Waals surface area contributed by atoms with Crippen molar-refractivity contribution in [3.63, 3.8) is 0 Å². The van der Waals surface area contributed by atoms with Gasteiger partial charge in [-0.05, 0) is 76.5 Å². The molecule has 0 heterocycles. The number of aliphatic carboxylic acids is 1. The molecular weight excluding hydrogens is 568 g/mol. The molecule has 1 fully saturated rings. The minimum atomic E-state index is -1.25. The lowest BCUT2D eigenvalue weighted by Crippen LogP contribution is -2.49. The number of benzene rings is 2. The molecule has 0 bridgehead atoms. The predicted octanol–water partition coefficient (Wildman–Crippen LogP) is 4.76. The highest BCUT2D eigenvalue weighted by atomic mass is 16.6. The van der Waals surface area contributed by atoms with Crippen molar-refractivity contribution >= 4 is 18.2 Å². The average Bonchev–Trinajstić information content (AvgIpc) is 3.71. The van der Waals surface area contributed by atoms with E-state index in [1.54, 1.807) is 41.5 Å². The maximum atomic E-state index is 12.5. The van der Waals surface area contributed by atoms with Crippen molar-refractivity contribution in [2.45, 2.75) is 96.5 Å². The van der Waals surface area contributed by atoms with Gasteiger partial charge in [-0.2, -0.15) is 0 Å². The second-order valence-corrected chi connectivity index (χ2v) is 13.0. The summed E-state index contributed by atoms with van der Waals surface area (Å²) in [6, 6.07) is 15.4. The molecule has 0 radical (unpaired) electrons. The molecule has 1 aliphatic carbocycles. The minimum Gasteiger partial charge on any atom is -0.480 e. The van der Waals surface area contributed by atoms with E-state index in [0.29, 0.717) is 6.61 Å². The topological polar surface area (TPSA) is 153 Å². The van der Waals surface area contributed by atoms with Crippen LogP contribution >= 0.6 is 0 Å². The fourth-order valence-corrected chi connectivity index (χ4v) is 4.62. The van der Waals surface area contributed by atoms with Crippen molar-refractivity contribution in [1.82, 2.24) is 10.6 Å². The summed E-state index contributed by atoms with van der Waals surface area (Å²) in [6.07, 6.45) is -1.54. The number of hydrogen-bond acceptors (Lipinski definition) is 8. The summed E-state index contributed by atoms with van der Waals surface area (Å²) >= 11 is 0. The molecule has 242 valence electrons. The van der Waals surface area contributed by atoms with Crippen LogP contribution in [0.25, 0.3) is 0 Å². The Morgan fingerprint density at radius 2 is 1.32 bits per heavy atom. The molecule has 1 aliphatic rings. The lowest BCUT2D eigenvalue weighted by molar-refractivity contribution is -0.141. The Morgan fingerprint density at radius 1 is 0.795 bits per heavy atom. The van der Waals surface area contributed by atoms with Crippen LogP contribution in [0.15, 0.2) is 54.6 Å². The number of carboxylic acid groups (broad SMARTS) is 1. The third-order valence-electron chi connectivity index (χ3n) is 6.75. The molecule has 4 N–H and O–H groups in total. The maximum absolute atomic E-state index is 12.5. The summed E-state index contributed by atoms with van der Waals surface area (Å²) in [5.74, 6) is -1.20. The summed E-state index contributed by atoms with van der Waals surface area (Å²) < 4.78 is 22.0. The number of ether oxygens (including phenoxy) is 4. The number of alkyl carbamates (subject to hydrolysis) is 2. The molecule has 5 atom stereocenters. The molecule has 3 rings (SSSR count). The molecule has 2 amide bonds. The van der Waals surface area contributed by atoms with Crippen molar-refractivity contribution in [2.24, 2.45) is 5.92 Å². The molecule has 0 saturated heterocycles. The number of amides is 2. The van der Waals surface area contributed by atoms with Gasteiger partial charge < -0.3 is 39.8 Å². The molecule has 0 spiro atoms. The van der Waals surface area contributed by atoms with Gasteiger partial charge in [0, 0.05) is 0 Å². The zero-order valence-electron chi connectivity index (χ0n) is 26.4. The van der Waals surface area contributed by atoms with Gasteiger partial charge in [0.1, 0.15) is 11.2 Å². The van der Waals surface area contributed by atoms with Crippen LogP contribution in [0.4, 0.5) is 9.59 Å². The van der Waals surface area contributed by atoms with Crippen LogP contribution in [0.1, 0.15) is 70.6 Å². The van der Waals surface area contributed by atoms with Crippen molar-refractivity contribution in [3.8, 4) is 0 Å². The molecule has 1 saturated carbocycles. The Kier molecular flexibility index (Phi) is 12.2. The number of aliphatic hydroxyl groups excluding tert-OH is 1. The molecule has 0 aliphatic heterocycles. The zero-order valence-corrected chi connectivity index (χ0v) is 26.4. The summed E-state index contributed by atoms with van der Waals surface area (Å²) in [7, 11) is 0. The van der Waals surface area contributed by atoms with Gasteiger partial charge in [0.2, 0.25) is 0 Å². The van der Waals surface area contributed by atoms with Crippen LogP contribution in [-0.4, -0.2) is 71.0 Å².